The first-order chi connectivity index (χ1) is 7.47. The summed E-state index contributed by atoms with van der Waals surface area (Å²) in [4.78, 5) is 11.6. The Labute approximate surface area is 99.8 Å². The average Bonchev–Trinajstić information content (AvgIpc) is 2.23. The van der Waals surface area contributed by atoms with Crippen LogP contribution in [0.25, 0.3) is 0 Å². The number of carbonyl (C=O) groups is 1. The third-order valence-electron chi connectivity index (χ3n) is 3.22. The first-order valence-electron chi connectivity index (χ1n) is 5.76. The van der Waals surface area contributed by atoms with Gasteiger partial charge in [0.15, 0.2) is 0 Å². The fraction of sp³-hybridized carbons (Fsp3) is 0.909. The summed E-state index contributed by atoms with van der Waals surface area (Å²) < 4.78 is 10.6. The minimum Gasteiger partial charge on any atom is -0.481 e. The lowest BCUT2D eigenvalue weighted by Crippen LogP contribution is -2.46. The summed E-state index contributed by atoms with van der Waals surface area (Å²) in [5, 5.41) is 8.71. The highest BCUT2D eigenvalue weighted by atomic mass is 28.3. The molecule has 1 N–H and O–H groups in total. The fourth-order valence-electron chi connectivity index (χ4n) is 2.12. The molecule has 0 aromatic heterocycles. The molecule has 16 heavy (non-hydrogen) atoms. The van der Waals surface area contributed by atoms with E-state index in [1.54, 1.807) is 14.2 Å². The Morgan fingerprint density at radius 1 is 1.38 bits per heavy atom. The third kappa shape index (κ3) is 3.05. The molecule has 0 bridgehead atoms. The minimum absolute atomic E-state index is 0.0214. The molecule has 1 unspecified atom stereocenters. The van der Waals surface area contributed by atoms with E-state index >= 15 is 0 Å². The maximum absolute atomic E-state index is 11.6. The quantitative estimate of drug-likeness (QED) is 0.669. The van der Waals surface area contributed by atoms with Crippen LogP contribution in [0.5, 0.6) is 0 Å². The number of carboxylic acids is 1. The molecule has 0 aliphatic rings. The van der Waals surface area contributed by atoms with E-state index in [4.69, 9.17) is 8.85 Å². The molecule has 0 aromatic carbocycles. The van der Waals surface area contributed by atoms with Crippen molar-refractivity contribution in [1.82, 2.24) is 0 Å². The van der Waals surface area contributed by atoms with Gasteiger partial charge in [0.2, 0.25) is 0 Å². The van der Waals surface area contributed by atoms with Crippen LogP contribution in [0.2, 0.25) is 5.04 Å². The molecule has 5 heteroatoms. The van der Waals surface area contributed by atoms with Gasteiger partial charge < -0.3 is 14.0 Å². The van der Waals surface area contributed by atoms with Crippen molar-refractivity contribution in [2.45, 2.75) is 45.1 Å². The van der Waals surface area contributed by atoms with E-state index in [2.05, 4.69) is 6.92 Å². The van der Waals surface area contributed by atoms with E-state index in [9.17, 15) is 9.90 Å². The van der Waals surface area contributed by atoms with E-state index in [1.165, 1.54) is 0 Å². The van der Waals surface area contributed by atoms with E-state index in [0.29, 0.717) is 6.42 Å². The van der Waals surface area contributed by atoms with Crippen molar-refractivity contribution in [3.8, 4) is 0 Å². The Bertz CT molecular complexity index is 216. The largest absolute Gasteiger partial charge is 0.481 e. The van der Waals surface area contributed by atoms with E-state index in [0.717, 1.165) is 12.8 Å². The van der Waals surface area contributed by atoms with Crippen LogP contribution in [0.1, 0.15) is 40.0 Å². The van der Waals surface area contributed by atoms with Crippen LogP contribution in [-0.4, -0.2) is 34.6 Å². The van der Waals surface area contributed by atoms with Gasteiger partial charge in [0.1, 0.15) is 5.04 Å². The number of hydrogen-bond acceptors (Lipinski definition) is 3. The van der Waals surface area contributed by atoms with Crippen LogP contribution in [0.4, 0.5) is 0 Å². The summed E-state index contributed by atoms with van der Waals surface area (Å²) in [5.74, 6) is -0.760. The van der Waals surface area contributed by atoms with E-state index in [1.807, 2.05) is 13.8 Å². The van der Waals surface area contributed by atoms with E-state index in [-0.39, 0.29) is 5.92 Å². The van der Waals surface area contributed by atoms with Crippen LogP contribution in [0, 0.1) is 5.92 Å². The van der Waals surface area contributed by atoms with E-state index < -0.39 is 20.3 Å². The molecule has 0 aliphatic heterocycles. The highest BCUT2D eigenvalue weighted by molar-refractivity contribution is 6.54. The molecule has 0 fully saturated rings. The van der Waals surface area contributed by atoms with Crippen molar-refractivity contribution < 1.29 is 18.8 Å². The lowest BCUT2D eigenvalue weighted by Gasteiger charge is -2.36. The molecule has 1 atom stereocenters. The van der Waals surface area contributed by atoms with Gasteiger partial charge in [-0.05, 0) is 12.3 Å². The highest BCUT2D eigenvalue weighted by Gasteiger charge is 2.51. The van der Waals surface area contributed by atoms with Crippen LogP contribution in [-0.2, 0) is 13.6 Å². The molecule has 0 radical (unpaired) electrons. The first-order valence-corrected chi connectivity index (χ1v) is 7.28. The molecular weight excluding hydrogens is 224 g/mol. The van der Waals surface area contributed by atoms with Gasteiger partial charge in [-0.1, -0.05) is 33.6 Å². The molecule has 0 heterocycles. The third-order valence-corrected chi connectivity index (χ3v) is 6.12. The maximum atomic E-state index is 11.6. The van der Waals surface area contributed by atoms with Gasteiger partial charge in [-0.2, -0.15) is 0 Å². The van der Waals surface area contributed by atoms with Gasteiger partial charge in [-0.15, -0.1) is 0 Å². The fourth-order valence-corrected chi connectivity index (χ4v) is 4.34. The summed E-state index contributed by atoms with van der Waals surface area (Å²) in [5.41, 5.74) is 0. The predicted octanol–water partition coefficient (Wildman–Crippen LogP) is 2.17. The minimum atomic E-state index is -2.19. The SMILES string of the molecule is CCCCC(C(=O)O)(C(C)C)[SiH](OC)OC. The molecule has 0 saturated heterocycles. The molecule has 0 spiro atoms. The second-order valence-corrected chi connectivity index (χ2v) is 7.04. The second kappa shape index (κ2) is 7.03. The number of hydrogen-bond donors (Lipinski definition) is 1. The van der Waals surface area contributed by atoms with Crippen molar-refractivity contribution in [1.29, 1.82) is 0 Å². The zero-order valence-corrected chi connectivity index (χ0v) is 12.1. The summed E-state index contributed by atoms with van der Waals surface area (Å²) in [6.45, 7) is 5.92. The van der Waals surface area contributed by atoms with Crippen molar-refractivity contribution in [2.24, 2.45) is 5.92 Å². The Kier molecular flexibility index (Phi) is 6.86. The lowest BCUT2D eigenvalue weighted by molar-refractivity contribution is -0.143. The highest BCUT2D eigenvalue weighted by Crippen LogP contribution is 2.44. The van der Waals surface area contributed by atoms with Crippen LogP contribution < -0.4 is 0 Å². The van der Waals surface area contributed by atoms with Gasteiger partial charge in [0.05, 0.1) is 0 Å². The molecule has 0 aliphatic carbocycles. The van der Waals surface area contributed by atoms with Crippen molar-refractivity contribution in [3.63, 3.8) is 0 Å². The summed E-state index contributed by atoms with van der Waals surface area (Å²) >= 11 is 0. The molecule has 0 amide bonds. The zero-order chi connectivity index (χ0) is 12.8. The number of unbranched alkanes of at least 4 members (excludes halogenated alkanes) is 1. The smallest absolute Gasteiger partial charge is 0.339 e. The van der Waals surface area contributed by atoms with Crippen LogP contribution >= 0.6 is 0 Å². The van der Waals surface area contributed by atoms with Gasteiger partial charge in [-0.25, -0.2) is 0 Å². The molecule has 96 valence electrons. The Balaban J connectivity index is 5.15. The van der Waals surface area contributed by atoms with Gasteiger partial charge in [0, 0.05) is 14.2 Å². The standard InChI is InChI=1S/C11H24O4Si/c1-6-7-8-11(9(2)3,10(12)13)16(14-4)15-5/h9,16H,6-8H2,1-5H3,(H,12,13). The van der Waals surface area contributed by atoms with Gasteiger partial charge in [-0.3, -0.25) is 4.79 Å². The zero-order valence-electron chi connectivity index (χ0n) is 10.9. The first kappa shape index (κ1) is 15.6. The Hall–Kier alpha value is -0.393. The van der Waals surface area contributed by atoms with Crippen molar-refractivity contribution in [2.75, 3.05) is 14.2 Å². The van der Waals surface area contributed by atoms with Crippen LogP contribution in [0.15, 0.2) is 0 Å². The van der Waals surface area contributed by atoms with Gasteiger partial charge >= 0.3 is 15.3 Å². The topological polar surface area (TPSA) is 55.8 Å². The lowest BCUT2D eigenvalue weighted by atomic mass is 9.89. The molecule has 0 saturated carbocycles. The number of aliphatic carboxylic acids is 1. The average molecular weight is 248 g/mol. The second-order valence-electron chi connectivity index (χ2n) is 4.41. The van der Waals surface area contributed by atoms with Gasteiger partial charge in [0.25, 0.3) is 0 Å². The monoisotopic (exact) mass is 248 g/mol. The predicted molar refractivity (Wildman–Crippen MR) is 65.9 cm³/mol. The van der Waals surface area contributed by atoms with Crippen LogP contribution in [0.3, 0.4) is 0 Å². The summed E-state index contributed by atoms with van der Waals surface area (Å²) in [7, 11) is 0.906. The maximum Gasteiger partial charge on any atom is 0.339 e. The molecular formula is C11H24O4Si. The van der Waals surface area contributed by atoms with Crippen molar-refractivity contribution in [3.05, 3.63) is 0 Å². The Morgan fingerprint density at radius 3 is 2.12 bits per heavy atom. The molecule has 0 rings (SSSR count). The van der Waals surface area contributed by atoms with Crippen molar-refractivity contribution >= 4 is 15.3 Å². The summed E-state index contributed by atoms with van der Waals surface area (Å²) in [6, 6.07) is 0. The summed E-state index contributed by atoms with van der Waals surface area (Å²) in [6.07, 6.45) is 2.51. The normalized spacial score (nSPS) is 15.4. The Morgan fingerprint density at radius 2 is 1.88 bits per heavy atom. The number of rotatable bonds is 8. The molecule has 4 nitrogen and oxygen atoms in total. The number of carboxylic acid groups (broad SMARTS) is 1. The molecule has 0 aromatic rings.